The third-order valence-electron chi connectivity index (χ3n) is 4.84. The van der Waals surface area contributed by atoms with E-state index >= 15 is 0 Å². The third kappa shape index (κ3) is 3.65. The molecule has 2 N–H and O–H groups in total. The van der Waals surface area contributed by atoms with Crippen LogP contribution in [-0.2, 0) is 4.79 Å². The molecule has 1 saturated heterocycles. The second kappa shape index (κ2) is 7.08. The number of amides is 1. The zero-order chi connectivity index (χ0) is 15.4. The summed E-state index contributed by atoms with van der Waals surface area (Å²) in [5.41, 5.74) is 7.16. The largest absolute Gasteiger partial charge is 0.339 e. The number of benzene rings is 1. The Morgan fingerprint density at radius 1 is 1.38 bits per heavy atom. The molecule has 1 aromatic carbocycles. The maximum atomic E-state index is 13.1. The first-order valence-corrected chi connectivity index (χ1v) is 8.15. The van der Waals surface area contributed by atoms with Crippen LogP contribution in [0.1, 0.15) is 51.5 Å². The molecule has 4 unspecified atom stereocenters. The lowest BCUT2D eigenvalue weighted by Crippen LogP contribution is -2.50. The van der Waals surface area contributed by atoms with Crippen LogP contribution in [0.15, 0.2) is 30.3 Å². The molecule has 2 rings (SSSR count). The molecule has 0 saturated carbocycles. The molecule has 1 heterocycles. The van der Waals surface area contributed by atoms with E-state index in [-0.39, 0.29) is 23.9 Å². The Morgan fingerprint density at radius 2 is 2.05 bits per heavy atom. The van der Waals surface area contributed by atoms with E-state index in [0.717, 1.165) is 31.4 Å². The van der Waals surface area contributed by atoms with E-state index in [2.05, 4.69) is 32.9 Å². The topological polar surface area (TPSA) is 46.3 Å². The lowest BCUT2D eigenvalue weighted by atomic mass is 9.83. The summed E-state index contributed by atoms with van der Waals surface area (Å²) < 4.78 is 0. The van der Waals surface area contributed by atoms with Crippen molar-refractivity contribution in [2.45, 2.75) is 58.0 Å². The van der Waals surface area contributed by atoms with Gasteiger partial charge in [-0.25, -0.2) is 0 Å². The minimum Gasteiger partial charge on any atom is -0.339 e. The molecular weight excluding hydrogens is 260 g/mol. The summed E-state index contributed by atoms with van der Waals surface area (Å²) >= 11 is 0. The molecule has 0 radical (unpaired) electrons. The van der Waals surface area contributed by atoms with Crippen molar-refractivity contribution in [3.05, 3.63) is 35.9 Å². The maximum Gasteiger partial charge on any atom is 0.230 e. The highest BCUT2D eigenvalue weighted by atomic mass is 16.2. The molecule has 1 aliphatic heterocycles. The first-order chi connectivity index (χ1) is 10.0. The molecule has 21 heavy (non-hydrogen) atoms. The number of carbonyl (C=O) groups is 1. The Balaban J connectivity index is 2.23. The minimum absolute atomic E-state index is 0.0343. The predicted molar refractivity (Wildman–Crippen MR) is 87.0 cm³/mol. The molecular formula is C18H28N2O. The van der Waals surface area contributed by atoms with Crippen LogP contribution in [0.5, 0.6) is 0 Å². The van der Waals surface area contributed by atoms with Crippen LogP contribution < -0.4 is 5.73 Å². The van der Waals surface area contributed by atoms with Crippen LogP contribution in [0.3, 0.4) is 0 Å². The average molecular weight is 288 g/mol. The summed E-state index contributed by atoms with van der Waals surface area (Å²) in [4.78, 5) is 15.2. The Labute approximate surface area is 128 Å². The van der Waals surface area contributed by atoms with Crippen LogP contribution in [0.25, 0.3) is 0 Å². The Hall–Kier alpha value is -1.35. The Morgan fingerprint density at radius 3 is 2.62 bits per heavy atom. The van der Waals surface area contributed by atoms with E-state index in [1.165, 1.54) is 0 Å². The first kappa shape index (κ1) is 16.0. The fourth-order valence-electron chi connectivity index (χ4n) is 3.33. The van der Waals surface area contributed by atoms with Gasteiger partial charge in [0.1, 0.15) is 0 Å². The zero-order valence-corrected chi connectivity index (χ0v) is 13.5. The summed E-state index contributed by atoms with van der Waals surface area (Å²) in [7, 11) is 0. The van der Waals surface area contributed by atoms with Crippen LogP contribution in [0.2, 0.25) is 0 Å². The number of hydrogen-bond acceptors (Lipinski definition) is 2. The van der Waals surface area contributed by atoms with Crippen molar-refractivity contribution < 1.29 is 4.79 Å². The molecule has 0 aromatic heterocycles. The van der Waals surface area contributed by atoms with Gasteiger partial charge in [0.05, 0.1) is 5.92 Å². The number of piperidine rings is 1. The van der Waals surface area contributed by atoms with Crippen LogP contribution in [0.4, 0.5) is 0 Å². The van der Waals surface area contributed by atoms with Gasteiger partial charge in [0.15, 0.2) is 0 Å². The molecule has 1 amide bonds. The molecule has 0 spiro atoms. The first-order valence-electron chi connectivity index (χ1n) is 8.15. The molecule has 0 bridgehead atoms. The fourth-order valence-corrected chi connectivity index (χ4v) is 3.33. The monoisotopic (exact) mass is 288 g/mol. The lowest BCUT2D eigenvalue weighted by Gasteiger charge is -2.39. The van der Waals surface area contributed by atoms with Crippen molar-refractivity contribution in [1.82, 2.24) is 4.90 Å². The fraction of sp³-hybridized carbons (Fsp3) is 0.611. The van der Waals surface area contributed by atoms with E-state index in [1.54, 1.807) is 0 Å². The molecule has 0 aliphatic carbocycles. The predicted octanol–water partition coefficient (Wildman–Crippen LogP) is 3.15. The molecule has 116 valence electrons. The molecule has 3 heteroatoms. The smallest absolute Gasteiger partial charge is 0.230 e. The molecule has 1 aromatic rings. The average Bonchev–Trinajstić information content (AvgIpc) is 2.48. The van der Waals surface area contributed by atoms with E-state index in [4.69, 9.17) is 5.73 Å². The summed E-state index contributed by atoms with van der Waals surface area (Å²) in [5, 5.41) is 0. The second-order valence-electron chi connectivity index (χ2n) is 6.44. The quantitative estimate of drug-likeness (QED) is 0.925. The van der Waals surface area contributed by atoms with Crippen LogP contribution >= 0.6 is 0 Å². The van der Waals surface area contributed by atoms with E-state index in [1.807, 2.05) is 23.1 Å². The normalized spacial score (nSPS) is 25.4. The van der Waals surface area contributed by atoms with Gasteiger partial charge in [-0.1, -0.05) is 50.6 Å². The van der Waals surface area contributed by atoms with E-state index in [9.17, 15) is 4.79 Å². The van der Waals surface area contributed by atoms with Crippen LogP contribution in [0, 0.1) is 5.92 Å². The zero-order valence-electron chi connectivity index (χ0n) is 13.5. The van der Waals surface area contributed by atoms with Gasteiger partial charge in [0, 0.05) is 18.6 Å². The molecule has 1 aliphatic rings. The van der Waals surface area contributed by atoms with Gasteiger partial charge in [0.25, 0.3) is 0 Å². The highest BCUT2D eigenvalue weighted by molar-refractivity contribution is 5.84. The van der Waals surface area contributed by atoms with Crippen molar-refractivity contribution >= 4 is 5.91 Å². The van der Waals surface area contributed by atoms with Gasteiger partial charge in [-0.3, -0.25) is 4.79 Å². The Kier molecular flexibility index (Phi) is 5.40. The maximum absolute atomic E-state index is 13.1. The highest BCUT2D eigenvalue weighted by Crippen LogP contribution is 2.31. The number of carbonyl (C=O) groups excluding carboxylic acids is 1. The van der Waals surface area contributed by atoms with Gasteiger partial charge in [0.2, 0.25) is 5.91 Å². The summed E-state index contributed by atoms with van der Waals surface area (Å²) in [6, 6.07) is 10.7. The summed E-state index contributed by atoms with van der Waals surface area (Å²) in [6.45, 7) is 7.25. The number of likely N-dealkylation sites (tertiary alicyclic amines) is 1. The minimum atomic E-state index is -0.0343. The van der Waals surface area contributed by atoms with Gasteiger partial charge < -0.3 is 10.6 Å². The van der Waals surface area contributed by atoms with Gasteiger partial charge in [-0.05, 0) is 31.2 Å². The number of nitrogens with two attached hydrogens (primary N) is 1. The van der Waals surface area contributed by atoms with E-state index in [0.29, 0.717) is 5.92 Å². The van der Waals surface area contributed by atoms with Crippen molar-refractivity contribution in [3.63, 3.8) is 0 Å². The summed E-state index contributed by atoms with van der Waals surface area (Å²) in [6.07, 6.45) is 2.83. The number of rotatable bonds is 4. The number of hydrogen-bond donors (Lipinski definition) is 1. The molecule has 1 fully saturated rings. The molecule has 4 atom stereocenters. The van der Waals surface area contributed by atoms with E-state index < -0.39 is 0 Å². The Bertz CT molecular complexity index is 460. The number of nitrogens with zero attached hydrogens (tertiary/aromatic N) is 1. The van der Waals surface area contributed by atoms with Gasteiger partial charge in [-0.15, -0.1) is 0 Å². The summed E-state index contributed by atoms with van der Waals surface area (Å²) in [5.74, 6) is 0.589. The third-order valence-corrected chi connectivity index (χ3v) is 4.84. The van der Waals surface area contributed by atoms with Crippen molar-refractivity contribution in [2.75, 3.05) is 6.54 Å². The standard InChI is InChI=1S/C18H28N2O/c1-4-13(2)17(15-8-6-5-7-9-15)18(21)20-11-10-16(19)12-14(20)3/h5-9,13-14,16-17H,4,10-12,19H2,1-3H3. The van der Waals surface area contributed by atoms with Crippen LogP contribution in [-0.4, -0.2) is 29.4 Å². The van der Waals surface area contributed by atoms with Crippen molar-refractivity contribution in [3.8, 4) is 0 Å². The second-order valence-corrected chi connectivity index (χ2v) is 6.44. The van der Waals surface area contributed by atoms with Gasteiger partial charge >= 0.3 is 0 Å². The highest BCUT2D eigenvalue weighted by Gasteiger charge is 2.34. The SMILES string of the molecule is CCC(C)C(C(=O)N1CCC(N)CC1C)c1ccccc1. The lowest BCUT2D eigenvalue weighted by molar-refractivity contribution is -0.137. The van der Waals surface area contributed by atoms with Gasteiger partial charge in [-0.2, -0.15) is 0 Å². The van der Waals surface area contributed by atoms with Crippen molar-refractivity contribution in [1.29, 1.82) is 0 Å². The van der Waals surface area contributed by atoms with Crippen molar-refractivity contribution in [2.24, 2.45) is 11.7 Å². The molecule has 3 nitrogen and oxygen atoms in total.